The van der Waals surface area contributed by atoms with E-state index in [1.807, 2.05) is 30.3 Å². The van der Waals surface area contributed by atoms with Gasteiger partial charge in [0.1, 0.15) is 4.99 Å². The van der Waals surface area contributed by atoms with Crippen molar-refractivity contribution in [2.24, 2.45) is 0 Å². The van der Waals surface area contributed by atoms with Crippen LogP contribution in [0.4, 0.5) is 0 Å². The zero-order valence-corrected chi connectivity index (χ0v) is 11.4. The molecule has 3 heteroatoms. The quantitative estimate of drug-likeness (QED) is 0.834. The maximum Gasteiger partial charge on any atom is 0.107 e. The standard InChI is InChI=1S/C13H14BrNS/c14-11-8-4-5-9-12(11)15-13(16)10-6-2-1-3-7-10/h1-3,6-8,12H,4-5,9H2,(H,15,16). The van der Waals surface area contributed by atoms with Crippen LogP contribution in [0.15, 0.2) is 40.9 Å². The Hall–Kier alpha value is -0.670. The Morgan fingerprint density at radius 3 is 2.75 bits per heavy atom. The minimum Gasteiger partial charge on any atom is -0.368 e. The van der Waals surface area contributed by atoms with Crippen molar-refractivity contribution in [3.63, 3.8) is 0 Å². The summed E-state index contributed by atoms with van der Waals surface area (Å²) in [5.41, 5.74) is 1.09. The van der Waals surface area contributed by atoms with Crippen molar-refractivity contribution in [1.29, 1.82) is 0 Å². The van der Waals surface area contributed by atoms with E-state index in [0.29, 0.717) is 6.04 Å². The Morgan fingerprint density at radius 1 is 1.31 bits per heavy atom. The van der Waals surface area contributed by atoms with Gasteiger partial charge in [0.15, 0.2) is 0 Å². The van der Waals surface area contributed by atoms with Gasteiger partial charge in [0, 0.05) is 10.0 Å². The number of allylic oxidation sites excluding steroid dienone is 1. The van der Waals surface area contributed by atoms with Crippen molar-refractivity contribution in [1.82, 2.24) is 5.32 Å². The molecule has 0 fully saturated rings. The summed E-state index contributed by atoms with van der Waals surface area (Å²) in [4.78, 5) is 0.831. The lowest BCUT2D eigenvalue weighted by molar-refractivity contribution is 0.598. The molecule has 0 spiro atoms. The predicted molar refractivity (Wildman–Crippen MR) is 75.9 cm³/mol. The maximum absolute atomic E-state index is 5.40. The van der Waals surface area contributed by atoms with Crippen LogP contribution in [0.1, 0.15) is 24.8 Å². The molecule has 1 aliphatic carbocycles. The molecule has 0 saturated heterocycles. The van der Waals surface area contributed by atoms with Crippen molar-refractivity contribution >= 4 is 33.1 Å². The highest BCUT2D eigenvalue weighted by molar-refractivity contribution is 9.11. The Bertz CT molecular complexity index is 400. The average Bonchev–Trinajstić information content (AvgIpc) is 2.33. The highest BCUT2D eigenvalue weighted by Gasteiger charge is 2.16. The fraction of sp³-hybridized carbons (Fsp3) is 0.308. The zero-order chi connectivity index (χ0) is 11.4. The van der Waals surface area contributed by atoms with E-state index in [9.17, 15) is 0 Å². The molecule has 1 aromatic carbocycles. The monoisotopic (exact) mass is 295 g/mol. The first kappa shape index (κ1) is 11.8. The molecule has 16 heavy (non-hydrogen) atoms. The second kappa shape index (κ2) is 5.60. The van der Waals surface area contributed by atoms with Gasteiger partial charge in [0.25, 0.3) is 0 Å². The second-order valence-electron chi connectivity index (χ2n) is 3.91. The molecule has 0 aromatic heterocycles. The highest BCUT2D eigenvalue weighted by Crippen LogP contribution is 2.23. The van der Waals surface area contributed by atoms with Crippen LogP contribution in [0.2, 0.25) is 0 Å². The third-order valence-electron chi connectivity index (χ3n) is 2.71. The number of hydrogen-bond acceptors (Lipinski definition) is 1. The van der Waals surface area contributed by atoms with Crippen LogP contribution in [-0.4, -0.2) is 11.0 Å². The lowest BCUT2D eigenvalue weighted by Crippen LogP contribution is -2.35. The first-order valence-corrected chi connectivity index (χ1v) is 6.69. The molecule has 2 rings (SSSR count). The minimum absolute atomic E-state index is 0.349. The summed E-state index contributed by atoms with van der Waals surface area (Å²) in [6.45, 7) is 0. The Kier molecular flexibility index (Phi) is 4.13. The van der Waals surface area contributed by atoms with Gasteiger partial charge in [0.2, 0.25) is 0 Å². The summed E-state index contributed by atoms with van der Waals surface area (Å²) in [5.74, 6) is 0. The van der Waals surface area contributed by atoms with Gasteiger partial charge in [0.05, 0.1) is 6.04 Å². The molecule has 1 aromatic rings. The summed E-state index contributed by atoms with van der Waals surface area (Å²) in [5, 5.41) is 3.40. The Balaban J connectivity index is 2.03. The van der Waals surface area contributed by atoms with E-state index in [1.54, 1.807) is 0 Å². The van der Waals surface area contributed by atoms with Gasteiger partial charge < -0.3 is 5.32 Å². The molecule has 0 heterocycles. The SMILES string of the molecule is S=C(NC1CCCC=C1Br)c1ccccc1. The summed E-state index contributed by atoms with van der Waals surface area (Å²) in [6.07, 6.45) is 5.76. The third-order valence-corrected chi connectivity index (χ3v) is 3.94. The Labute approximate surface area is 110 Å². The summed E-state index contributed by atoms with van der Waals surface area (Å²) < 4.78 is 1.23. The fourth-order valence-corrected chi connectivity index (χ4v) is 2.66. The normalized spacial score (nSPS) is 20.1. The van der Waals surface area contributed by atoms with E-state index < -0.39 is 0 Å². The average molecular weight is 296 g/mol. The van der Waals surface area contributed by atoms with Crippen LogP contribution in [0.25, 0.3) is 0 Å². The van der Waals surface area contributed by atoms with Gasteiger partial charge in [-0.1, -0.05) is 64.6 Å². The molecule has 0 saturated carbocycles. The van der Waals surface area contributed by atoms with Gasteiger partial charge in [-0.15, -0.1) is 0 Å². The molecular formula is C13H14BrNS. The van der Waals surface area contributed by atoms with E-state index >= 15 is 0 Å². The summed E-state index contributed by atoms with van der Waals surface area (Å²) >= 11 is 8.99. The lowest BCUT2D eigenvalue weighted by Gasteiger charge is -2.23. The molecule has 0 bridgehead atoms. The van der Waals surface area contributed by atoms with E-state index in [0.717, 1.165) is 23.4 Å². The van der Waals surface area contributed by atoms with Crippen LogP contribution in [0.5, 0.6) is 0 Å². The number of hydrogen-bond donors (Lipinski definition) is 1. The van der Waals surface area contributed by atoms with Crippen LogP contribution < -0.4 is 5.32 Å². The van der Waals surface area contributed by atoms with E-state index in [2.05, 4.69) is 27.3 Å². The first-order valence-electron chi connectivity index (χ1n) is 5.49. The van der Waals surface area contributed by atoms with Crippen molar-refractivity contribution in [3.8, 4) is 0 Å². The Morgan fingerprint density at radius 2 is 2.06 bits per heavy atom. The smallest absolute Gasteiger partial charge is 0.107 e. The number of nitrogens with one attached hydrogen (secondary N) is 1. The molecule has 0 radical (unpaired) electrons. The molecule has 1 nitrogen and oxygen atoms in total. The maximum atomic E-state index is 5.40. The van der Waals surface area contributed by atoms with Crippen molar-refractivity contribution in [2.45, 2.75) is 25.3 Å². The zero-order valence-electron chi connectivity index (χ0n) is 8.95. The van der Waals surface area contributed by atoms with Gasteiger partial charge in [-0.25, -0.2) is 0 Å². The topological polar surface area (TPSA) is 12.0 Å². The van der Waals surface area contributed by atoms with Gasteiger partial charge in [-0.3, -0.25) is 0 Å². The molecule has 1 atom stereocenters. The van der Waals surface area contributed by atoms with E-state index in [4.69, 9.17) is 12.2 Å². The first-order chi connectivity index (χ1) is 7.77. The molecule has 0 aliphatic heterocycles. The van der Waals surface area contributed by atoms with Crippen LogP contribution in [0, 0.1) is 0 Å². The minimum atomic E-state index is 0.349. The number of halogens is 1. The van der Waals surface area contributed by atoms with Crippen molar-refractivity contribution < 1.29 is 0 Å². The number of benzene rings is 1. The van der Waals surface area contributed by atoms with Crippen molar-refractivity contribution in [2.75, 3.05) is 0 Å². The van der Waals surface area contributed by atoms with Crippen molar-refractivity contribution in [3.05, 3.63) is 46.5 Å². The van der Waals surface area contributed by atoms with E-state index in [-0.39, 0.29) is 0 Å². The molecular weight excluding hydrogens is 282 g/mol. The highest BCUT2D eigenvalue weighted by atomic mass is 79.9. The largest absolute Gasteiger partial charge is 0.368 e. The summed E-state index contributed by atoms with van der Waals surface area (Å²) in [7, 11) is 0. The van der Waals surface area contributed by atoms with Gasteiger partial charge in [-0.2, -0.15) is 0 Å². The van der Waals surface area contributed by atoms with E-state index in [1.165, 1.54) is 10.9 Å². The molecule has 1 unspecified atom stereocenters. The van der Waals surface area contributed by atoms with Gasteiger partial charge >= 0.3 is 0 Å². The summed E-state index contributed by atoms with van der Waals surface area (Å²) in [6, 6.07) is 10.4. The van der Waals surface area contributed by atoms with Crippen LogP contribution >= 0.6 is 28.1 Å². The number of thiocarbonyl (C=S) groups is 1. The lowest BCUT2D eigenvalue weighted by atomic mass is 10.0. The molecule has 0 amide bonds. The molecule has 1 aliphatic rings. The molecule has 84 valence electrons. The molecule has 1 N–H and O–H groups in total. The fourth-order valence-electron chi connectivity index (χ4n) is 1.81. The van der Waals surface area contributed by atoms with Gasteiger partial charge in [-0.05, 0) is 19.3 Å². The van der Waals surface area contributed by atoms with Crippen LogP contribution in [-0.2, 0) is 0 Å². The van der Waals surface area contributed by atoms with Crippen LogP contribution in [0.3, 0.4) is 0 Å². The third kappa shape index (κ3) is 2.92. The second-order valence-corrected chi connectivity index (χ2v) is 5.24. The number of rotatable bonds is 2. The predicted octanol–water partition coefficient (Wildman–Crippen LogP) is 3.78.